The van der Waals surface area contributed by atoms with Crippen LogP contribution in [0.5, 0.6) is 5.75 Å². The molecule has 5 heteroatoms. The fourth-order valence-corrected chi connectivity index (χ4v) is 1.91. The van der Waals surface area contributed by atoms with Gasteiger partial charge >= 0.3 is 0 Å². The van der Waals surface area contributed by atoms with Gasteiger partial charge in [0.25, 0.3) is 5.91 Å². The van der Waals surface area contributed by atoms with Crippen molar-refractivity contribution >= 4 is 21.8 Å². The lowest BCUT2D eigenvalue weighted by Gasteiger charge is -2.20. The van der Waals surface area contributed by atoms with Gasteiger partial charge in [-0.1, -0.05) is 22.0 Å². The van der Waals surface area contributed by atoms with Crippen LogP contribution in [0.1, 0.15) is 27.2 Å². The van der Waals surface area contributed by atoms with E-state index >= 15 is 0 Å². The zero-order valence-corrected chi connectivity index (χ0v) is 13.9. The summed E-state index contributed by atoms with van der Waals surface area (Å²) in [6, 6.07) is 7.44. The Morgan fingerprint density at radius 2 is 2.05 bits per heavy atom. The summed E-state index contributed by atoms with van der Waals surface area (Å²) in [6.07, 6.45) is 0.903. The van der Waals surface area contributed by atoms with E-state index in [0.29, 0.717) is 12.3 Å². The fraction of sp³-hybridized carbons (Fsp3) is 0.533. The number of nitrogens with one attached hydrogen (secondary N) is 2. The second-order valence-corrected chi connectivity index (χ2v) is 6.54. The standard InChI is InChI=1S/C15H23BrN2O2/c1-15(2,3)18-9-5-8-17-14(19)11-20-13-7-4-6-12(16)10-13/h4,6-7,10,18H,5,8-9,11H2,1-3H3,(H,17,19). The van der Waals surface area contributed by atoms with E-state index in [0.717, 1.165) is 17.4 Å². The van der Waals surface area contributed by atoms with Gasteiger partial charge in [0, 0.05) is 16.6 Å². The van der Waals surface area contributed by atoms with Crippen molar-refractivity contribution in [2.24, 2.45) is 0 Å². The third-order valence-electron chi connectivity index (χ3n) is 2.50. The first-order chi connectivity index (χ1) is 9.37. The van der Waals surface area contributed by atoms with Gasteiger partial charge in [0.1, 0.15) is 5.75 Å². The maximum absolute atomic E-state index is 11.6. The molecule has 0 saturated heterocycles. The summed E-state index contributed by atoms with van der Waals surface area (Å²) in [5, 5.41) is 6.21. The first-order valence-electron chi connectivity index (χ1n) is 6.77. The van der Waals surface area contributed by atoms with E-state index in [-0.39, 0.29) is 18.1 Å². The van der Waals surface area contributed by atoms with Gasteiger partial charge in [-0.25, -0.2) is 0 Å². The van der Waals surface area contributed by atoms with Crippen molar-refractivity contribution in [3.05, 3.63) is 28.7 Å². The molecule has 1 aromatic carbocycles. The number of ether oxygens (including phenoxy) is 1. The van der Waals surface area contributed by atoms with Gasteiger partial charge in [0.15, 0.2) is 6.61 Å². The Morgan fingerprint density at radius 3 is 2.70 bits per heavy atom. The highest BCUT2D eigenvalue weighted by atomic mass is 79.9. The molecule has 20 heavy (non-hydrogen) atoms. The Bertz CT molecular complexity index is 430. The van der Waals surface area contributed by atoms with E-state index < -0.39 is 0 Å². The van der Waals surface area contributed by atoms with E-state index in [2.05, 4.69) is 47.3 Å². The highest BCUT2D eigenvalue weighted by molar-refractivity contribution is 9.10. The minimum absolute atomic E-state index is 0.0448. The van der Waals surface area contributed by atoms with Crippen LogP contribution in [0.2, 0.25) is 0 Å². The van der Waals surface area contributed by atoms with Crippen molar-refractivity contribution in [1.29, 1.82) is 0 Å². The highest BCUT2D eigenvalue weighted by Crippen LogP contribution is 2.17. The Morgan fingerprint density at radius 1 is 1.30 bits per heavy atom. The van der Waals surface area contributed by atoms with Crippen LogP contribution in [-0.4, -0.2) is 31.1 Å². The lowest BCUT2D eigenvalue weighted by molar-refractivity contribution is -0.123. The normalized spacial score (nSPS) is 11.2. The Hall–Kier alpha value is -1.07. The first-order valence-corrected chi connectivity index (χ1v) is 7.56. The number of rotatable bonds is 7. The molecule has 0 aromatic heterocycles. The number of benzene rings is 1. The van der Waals surface area contributed by atoms with Crippen LogP contribution in [-0.2, 0) is 4.79 Å². The number of carbonyl (C=O) groups is 1. The summed E-state index contributed by atoms with van der Waals surface area (Å²) in [6.45, 7) is 7.95. The van der Waals surface area contributed by atoms with E-state index in [9.17, 15) is 4.79 Å². The molecule has 1 rings (SSSR count). The molecule has 2 N–H and O–H groups in total. The summed E-state index contributed by atoms with van der Waals surface area (Å²) in [4.78, 5) is 11.6. The molecule has 0 radical (unpaired) electrons. The summed E-state index contributed by atoms with van der Waals surface area (Å²) >= 11 is 3.36. The predicted molar refractivity (Wildman–Crippen MR) is 85.0 cm³/mol. The smallest absolute Gasteiger partial charge is 0.257 e. The Labute approximate surface area is 129 Å². The molecule has 0 saturated carbocycles. The zero-order chi connectivity index (χ0) is 15.0. The largest absolute Gasteiger partial charge is 0.484 e. The summed E-state index contributed by atoms with van der Waals surface area (Å²) in [5.74, 6) is 0.588. The number of hydrogen-bond acceptors (Lipinski definition) is 3. The molecular weight excluding hydrogens is 320 g/mol. The van der Waals surface area contributed by atoms with Gasteiger partial charge in [0.05, 0.1) is 0 Å². The van der Waals surface area contributed by atoms with Crippen LogP contribution in [0, 0.1) is 0 Å². The second kappa shape index (κ2) is 8.27. The molecule has 1 amide bonds. The second-order valence-electron chi connectivity index (χ2n) is 5.63. The molecule has 0 bridgehead atoms. The van der Waals surface area contributed by atoms with E-state index in [1.807, 2.05) is 24.3 Å². The fourth-order valence-electron chi connectivity index (χ4n) is 1.54. The molecule has 1 aromatic rings. The van der Waals surface area contributed by atoms with E-state index in [1.54, 1.807) is 0 Å². The van der Waals surface area contributed by atoms with Crippen molar-refractivity contribution < 1.29 is 9.53 Å². The molecule has 4 nitrogen and oxygen atoms in total. The quantitative estimate of drug-likeness (QED) is 0.749. The molecule has 112 valence electrons. The molecule has 0 aliphatic heterocycles. The predicted octanol–water partition coefficient (Wildman–Crippen LogP) is 2.72. The van der Waals surface area contributed by atoms with Crippen LogP contribution < -0.4 is 15.4 Å². The monoisotopic (exact) mass is 342 g/mol. The van der Waals surface area contributed by atoms with Gasteiger partial charge in [-0.2, -0.15) is 0 Å². The van der Waals surface area contributed by atoms with Gasteiger partial charge in [-0.3, -0.25) is 4.79 Å². The molecule has 0 aliphatic carbocycles. The van der Waals surface area contributed by atoms with Gasteiger partial charge in [0.2, 0.25) is 0 Å². The van der Waals surface area contributed by atoms with Crippen LogP contribution in [0.25, 0.3) is 0 Å². The third-order valence-corrected chi connectivity index (χ3v) is 2.99. The molecule has 0 aliphatic rings. The average molecular weight is 343 g/mol. The van der Waals surface area contributed by atoms with Crippen molar-refractivity contribution in [2.45, 2.75) is 32.7 Å². The van der Waals surface area contributed by atoms with E-state index in [1.165, 1.54) is 0 Å². The maximum atomic E-state index is 11.6. The van der Waals surface area contributed by atoms with Crippen molar-refractivity contribution in [3.8, 4) is 5.75 Å². The van der Waals surface area contributed by atoms with Crippen molar-refractivity contribution in [2.75, 3.05) is 19.7 Å². The molecule has 0 heterocycles. The molecule has 0 unspecified atom stereocenters. The number of halogens is 1. The van der Waals surface area contributed by atoms with Gasteiger partial charge < -0.3 is 15.4 Å². The minimum Gasteiger partial charge on any atom is -0.484 e. The number of hydrogen-bond donors (Lipinski definition) is 2. The lowest BCUT2D eigenvalue weighted by atomic mass is 10.1. The van der Waals surface area contributed by atoms with Crippen LogP contribution >= 0.6 is 15.9 Å². The summed E-state index contributed by atoms with van der Waals surface area (Å²) < 4.78 is 6.34. The van der Waals surface area contributed by atoms with E-state index in [4.69, 9.17) is 4.74 Å². The topological polar surface area (TPSA) is 50.4 Å². The third kappa shape index (κ3) is 8.17. The van der Waals surface area contributed by atoms with Crippen molar-refractivity contribution in [3.63, 3.8) is 0 Å². The number of amides is 1. The molecular formula is C15H23BrN2O2. The zero-order valence-electron chi connectivity index (χ0n) is 12.3. The molecule has 0 spiro atoms. The Kier molecular flexibility index (Phi) is 7.02. The SMILES string of the molecule is CC(C)(C)NCCCNC(=O)COc1cccc(Br)c1. The number of carbonyl (C=O) groups excluding carboxylic acids is 1. The average Bonchev–Trinajstić information content (AvgIpc) is 2.35. The van der Waals surface area contributed by atoms with Gasteiger partial charge in [-0.15, -0.1) is 0 Å². The lowest BCUT2D eigenvalue weighted by Crippen LogP contribution is -2.38. The highest BCUT2D eigenvalue weighted by Gasteiger charge is 2.07. The summed E-state index contributed by atoms with van der Waals surface area (Å²) in [7, 11) is 0. The minimum atomic E-state index is -0.0965. The van der Waals surface area contributed by atoms with Crippen LogP contribution in [0.4, 0.5) is 0 Å². The molecule has 0 fully saturated rings. The van der Waals surface area contributed by atoms with Crippen LogP contribution in [0.15, 0.2) is 28.7 Å². The summed E-state index contributed by atoms with van der Waals surface area (Å²) in [5.41, 5.74) is 0.119. The van der Waals surface area contributed by atoms with Gasteiger partial charge in [-0.05, 0) is 51.9 Å². The first kappa shape index (κ1) is 17.0. The van der Waals surface area contributed by atoms with Crippen molar-refractivity contribution in [1.82, 2.24) is 10.6 Å². The molecule has 0 atom stereocenters. The maximum Gasteiger partial charge on any atom is 0.257 e. The van der Waals surface area contributed by atoms with Crippen LogP contribution in [0.3, 0.4) is 0 Å². The Balaban J connectivity index is 2.12.